The third kappa shape index (κ3) is 3.86. The highest BCUT2D eigenvalue weighted by atomic mass is 32.2. The molecule has 2 heterocycles. The molecule has 1 aliphatic heterocycles. The number of carbonyl (C=O) groups excluding carboxylic acids is 1. The van der Waals surface area contributed by atoms with Gasteiger partial charge in [0.15, 0.2) is 4.90 Å². The maximum Gasteiger partial charge on any atom is 0.330 e. The molecule has 0 aromatic carbocycles. The topological polar surface area (TPSA) is 110 Å². The molecule has 1 aliphatic carbocycles. The van der Waals surface area contributed by atoms with Crippen LogP contribution in [0.15, 0.2) is 20.7 Å². The Kier molecular flexibility index (Phi) is 5.57. The summed E-state index contributed by atoms with van der Waals surface area (Å²) in [5.74, 6) is 0.472. The zero-order valence-corrected chi connectivity index (χ0v) is 16.5. The average molecular weight is 398 g/mol. The molecule has 150 valence electrons. The molecule has 1 N–H and O–H groups in total. The fraction of sp³-hybridized carbons (Fsp3) is 0.706. The lowest BCUT2D eigenvalue weighted by Gasteiger charge is -2.32. The summed E-state index contributed by atoms with van der Waals surface area (Å²) < 4.78 is 28.9. The first-order valence-corrected chi connectivity index (χ1v) is 10.7. The Labute approximate surface area is 158 Å². The molecule has 0 unspecified atom stereocenters. The number of amides is 1. The summed E-state index contributed by atoms with van der Waals surface area (Å²) in [7, 11) is -1.29. The van der Waals surface area contributed by atoms with E-state index in [0.29, 0.717) is 19.4 Å². The van der Waals surface area contributed by atoms with Gasteiger partial charge in [-0.15, -0.1) is 0 Å². The maximum absolute atomic E-state index is 12.9. The molecule has 0 spiro atoms. The van der Waals surface area contributed by atoms with Crippen molar-refractivity contribution in [2.75, 3.05) is 19.6 Å². The normalized spacial score (nSPS) is 19.6. The highest BCUT2D eigenvalue weighted by Gasteiger charge is 2.33. The van der Waals surface area contributed by atoms with Gasteiger partial charge in [-0.05, 0) is 31.6 Å². The monoisotopic (exact) mass is 398 g/mol. The van der Waals surface area contributed by atoms with Crippen LogP contribution in [-0.2, 0) is 28.9 Å². The van der Waals surface area contributed by atoms with Crippen LogP contribution in [0, 0.1) is 11.8 Å². The van der Waals surface area contributed by atoms with E-state index in [2.05, 4.69) is 5.32 Å². The van der Waals surface area contributed by atoms with Crippen LogP contribution in [0.2, 0.25) is 0 Å². The molecule has 1 saturated carbocycles. The Bertz CT molecular complexity index is 937. The molecule has 0 bridgehead atoms. The first-order valence-electron chi connectivity index (χ1n) is 9.26. The van der Waals surface area contributed by atoms with Crippen LogP contribution in [0.3, 0.4) is 0 Å². The lowest BCUT2D eigenvalue weighted by atomic mass is 9.84. The van der Waals surface area contributed by atoms with E-state index in [1.165, 1.54) is 18.4 Å². The summed E-state index contributed by atoms with van der Waals surface area (Å²) in [5.41, 5.74) is -1.38. The Morgan fingerprint density at radius 2 is 1.78 bits per heavy atom. The Morgan fingerprint density at radius 3 is 2.33 bits per heavy atom. The molecule has 1 aromatic heterocycles. The van der Waals surface area contributed by atoms with Gasteiger partial charge >= 0.3 is 5.69 Å². The minimum atomic E-state index is -3.96. The zero-order valence-electron chi connectivity index (χ0n) is 15.7. The summed E-state index contributed by atoms with van der Waals surface area (Å²) in [5, 5.41) is 2.97. The quantitative estimate of drug-likeness (QED) is 0.712. The van der Waals surface area contributed by atoms with Crippen molar-refractivity contribution in [3.8, 4) is 0 Å². The van der Waals surface area contributed by atoms with Gasteiger partial charge in [0.25, 0.3) is 5.56 Å². The fourth-order valence-electron chi connectivity index (χ4n) is 3.50. The van der Waals surface area contributed by atoms with Crippen molar-refractivity contribution >= 4 is 15.9 Å². The lowest BCUT2D eigenvalue weighted by Crippen LogP contribution is -2.46. The van der Waals surface area contributed by atoms with Crippen LogP contribution in [-0.4, -0.2) is 47.4 Å². The number of rotatable bonds is 5. The molecular weight excluding hydrogens is 372 g/mol. The summed E-state index contributed by atoms with van der Waals surface area (Å²) in [6, 6.07) is 0. The van der Waals surface area contributed by atoms with E-state index in [1.807, 2.05) is 0 Å². The fourth-order valence-corrected chi connectivity index (χ4v) is 5.12. The predicted molar refractivity (Wildman–Crippen MR) is 98.8 cm³/mol. The van der Waals surface area contributed by atoms with Gasteiger partial charge in [-0.3, -0.25) is 14.2 Å². The van der Waals surface area contributed by atoms with E-state index in [-0.39, 0.29) is 35.7 Å². The standard InChI is InChI=1S/C17H26N4O5S/c1-19-11-14(16(23)20(2)17(19)24)27(25,26)21-8-6-12(7-9-21)10-18-15(22)13-4-3-5-13/h11-13H,3-10H2,1-2H3,(H,18,22). The molecule has 0 radical (unpaired) electrons. The minimum Gasteiger partial charge on any atom is -0.356 e. The number of nitrogens with one attached hydrogen (secondary N) is 1. The molecule has 9 nitrogen and oxygen atoms in total. The average Bonchev–Trinajstić information content (AvgIpc) is 2.60. The largest absolute Gasteiger partial charge is 0.356 e. The molecule has 1 saturated heterocycles. The first kappa shape index (κ1) is 19.8. The van der Waals surface area contributed by atoms with Crippen molar-refractivity contribution in [1.29, 1.82) is 0 Å². The molecule has 0 atom stereocenters. The van der Waals surface area contributed by atoms with Gasteiger partial charge in [-0.25, -0.2) is 13.2 Å². The van der Waals surface area contributed by atoms with Crippen molar-refractivity contribution in [3.05, 3.63) is 27.0 Å². The summed E-state index contributed by atoms with van der Waals surface area (Å²) in [4.78, 5) is 35.6. The highest BCUT2D eigenvalue weighted by Crippen LogP contribution is 2.27. The number of aryl methyl sites for hydroxylation is 1. The Morgan fingerprint density at radius 1 is 1.15 bits per heavy atom. The zero-order chi connectivity index (χ0) is 19.8. The number of piperidine rings is 1. The molecular formula is C17H26N4O5S. The van der Waals surface area contributed by atoms with Gasteiger partial charge in [0.2, 0.25) is 15.9 Å². The number of carbonyl (C=O) groups is 1. The Balaban J connectivity index is 1.64. The van der Waals surface area contributed by atoms with Gasteiger partial charge in [-0.2, -0.15) is 4.31 Å². The number of sulfonamides is 1. The number of hydrogen-bond donors (Lipinski definition) is 1. The van der Waals surface area contributed by atoms with E-state index < -0.39 is 21.3 Å². The maximum atomic E-state index is 12.9. The van der Waals surface area contributed by atoms with Crippen molar-refractivity contribution in [1.82, 2.24) is 18.8 Å². The molecule has 2 aliphatic rings. The molecule has 3 rings (SSSR count). The van der Waals surface area contributed by atoms with Gasteiger partial charge in [0.05, 0.1) is 0 Å². The van der Waals surface area contributed by atoms with E-state index in [1.54, 1.807) is 0 Å². The van der Waals surface area contributed by atoms with Crippen LogP contribution in [0.25, 0.3) is 0 Å². The summed E-state index contributed by atoms with van der Waals surface area (Å²) in [6.45, 7) is 1.14. The van der Waals surface area contributed by atoms with Gasteiger partial charge in [0.1, 0.15) is 0 Å². The number of aromatic nitrogens is 2. The SMILES string of the molecule is Cn1cc(S(=O)(=O)N2CCC(CNC(=O)C3CCC3)CC2)c(=O)n(C)c1=O. The Hall–Kier alpha value is -1.94. The molecule has 27 heavy (non-hydrogen) atoms. The first-order chi connectivity index (χ1) is 12.7. The van der Waals surface area contributed by atoms with Crippen LogP contribution in [0.1, 0.15) is 32.1 Å². The second kappa shape index (κ2) is 7.59. The van der Waals surface area contributed by atoms with Crippen LogP contribution in [0.5, 0.6) is 0 Å². The smallest absolute Gasteiger partial charge is 0.330 e. The molecule has 2 fully saturated rings. The van der Waals surface area contributed by atoms with Gasteiger partial charge in [0, 0.05) is 45.8 Å². The summed E-state index contributed by atoms with van der Waals surface area (Å²) in [6.07, 6.45) is 5.35. The van der Waals surface area contributed by atoms with E-state index in [4.69, 9.17) is 0 Å². The van der Waals surface area contributed by atoms with Crippen LogP contribution < -0.4 is 16.6 Å². The minimum absolute atomic E-state index is 0.102. The second-order valence-corrected chi connectivity index (χ2v) is 9.38. The molecule has 1 aromatic rings. The third-order valence-corrected chi connectivity index (χ3v) is 7.53. The van der Waals surface area contributed by atoms with Crippen molar-refractivity contribution in [2.24, 2.45) is 25.9 Å². The van der Waals surface area contributed by atoms with Gasteiger partial charge in [-0.1, -0.05) is 6.42 Å². The van der Waals surface area contributed by atoms with E-state index >= 15 is 0 Å². The molecule has 10 heteroatoms. The second-order valence-electron chi connectivity index (χ2n) is 7.47. The van der Waals surface area contributed by atoms with E-state index in [0.717, 1.165) is 34.6 Å². The lowest BCUT2D eigenvalue weighted by molar-refractivity contribution is -0.127. The van der Waals surface area contributed by atoms with Crippen molar-refractivity contribution in [2.45, 2.75) is 37.0 Å². The highest BCUT2D eigenvalue weighted by molar-refractivity contribution is 7.89. The van der Waals surface area contributed by atoms with Crippen molar-refractivity contribution < 1.29 is 13.2 Å². The van der Waals surface area contributed by atoms with Crippen LogP contribution in [0.4, 0.5) is 0 Å². The number of nitrogens with zero attached hydrogens (tertiary/aromatic N) is 3. The van der Waals surface area contributed by atoms with Crippen molar-refractivity contribution in [3.63, 3.8) is 0 Å². The third-order valence-electron chi connectivity index (χ3n) is 5.65. The van der Waals surface area contributed by atoms with Gasteiger partial charge < -0.3 is 9.88 Å². The van der Waals surface area contributed by atoms with E-state index in [9.17, 15) is 22.8 Å². The van der Waals surface area contributed by atoms with Crippen LogP contribution >= 0.6 is 0 Å². The molecule has 1 amide bonds. The summed E-state index contributed by atoms with van der Waals surface area (Å²) >= 11 is 0. The number of hydrogen-bond acceptors (Lipinski definition) is 5. The predicted octanol–water partition coefficient (Wildman–Crippen LogP) is -0.599.